The Kier molecular flexibility index (Phi) is 5.31. The number of nitrogens with one attached hydrogen (secondary N) is 1. The lowest BCUT2D eigenvalue weighted by Gasteiger charge is -2.08. The minimum absolute atomic E-state index is 0.136. The standard InChI is InChI=1S/C15H13IN2O4/c1-2-22-12-7-8-13(14(9-12)18(20)21)17-15(19)10-3-5-11(16)6-4-10/h3-9H,2H2,1H3,(H,17,19). The average molecular weight is 412 g/mol. The van der Waals surface area contributed by atoms with Crippen molar-refractivity contribution in [1.82, 2.24) is 0 Å². The van der Waals surface area contributed by atoms with Crippen LogP contribution in [0.4, 0.5) is 11.4 Å². The molecule has 0 aromatic heterocycles. The minimum atomic E-state index is -0.550. The third-order valence-electron chi connectivity index (χ3n) is 2.83. The maximum Gasteiger partial charge on any atom is 0.296 e. The summed E-state index contributed by atoms with van der Waals surface area (Å²) in [6.07, 6.45) is 0. The van der Waals surface area contributed by atoms with Gasteiger partial charge < -0.3 is 10.1 Å². The summed E-state index contributed by atoms with van der Waals surface area (Å²) in [6.45, 7) is 2.20. The lowest BCUT2D eigenvalue weighted by atomic mass is 10.2. The maximum atomic E-state index is 12.1. The number of hydrogen-bond acceptors (Lipinski definition) is 4. The molecule has 1 N–H and O–H groups in total. The number of benzene rings is 2. The summed E-state index contributed by atoms with van der Waals surface area (Å²) in [5, 5.41) is 13.7. The number of carbonyl (C=O) groups is 1. The SMILES string of the molecule is CCOc1ccc(NC(=O)c2ccc(I)cc2)c([N+](=O)[O-])c1. The molecule has 0 unspecified atom stereocenters. The summed E-state index contributed by atoms with van der Waals surface area (Å²) < 4.78 is 6.24. The van der Waals surface area contributed by atoms with Gasteiger partial charge in [-0.05, 0) is 65.9 Å². The van der Waals surface area contributed by atoms with Crippen LogP contribution < -0.4 is 10.1 Å². The van der Waals surface area contributed by atoms with Gasteiger partial charge in [-0.2, -0.15) is 0 Å². The Morgan fingerprint density at radius 1 is 1.27 bits per heavy atom. The molecule has 1 amide bonds. The number of hydrogen-bond donors (Lipinski definition) is 1. The Morgan fingerprint density at radius 2 is 1.95 bits per heavy atom. The zero-order valence-electron chi connectivity index (χ0n) is 11.7. The quantitative estimate of drug-likeness (QED) is 0.460. The fourth-order valence-electron chi connectivity index (χ4n) is 1.82. The number of ether oxygens (including phenoxy) is 1. The number of nitrogens with zero attached hydrogens (tertiary/aromatic N) is 1. The number of rotatable bonds is 5. The van der Waals surface area contributed by atoms with E-state index in [0.717, 1.165) is 3.57 Å². The molecule has 7 heteroatoms. The summed E-state index contributed by atoms with van der Waals surface area (Å²) in [6, 6.07) is 11.3. The van der Waals surface area contributed by atoms with Crippen LogP contribution in [-0.2, 0) is 0 Å². The summed E-state index contributed by atoms with van der Waals surface area (Å²) in [5.74, 6) is -0.00914. The Bertz CT molecular complexity index is 701. The van der Waals surface area contributed by atoms with Gasteiger partial charge >= 0.3 is 0 Å². The number of amides is 1. The van der Waals surface area contributed by atoms with E-state index in [1.54, 1.807) is 37.3 Å². The third-order valence-corrected chi connectivity index (χ3v) is 3.55. The van der Waals surface area contributed by atoms with E-state index in [1.165, 1.54) is 12.1 Å². The summed E-state index contributed by atoms with van der Waals surface area (Å²) in [4.78, 5) is 22.7. The van der Waals surface area contributed by atoms with Gasteiger partial charge in [0.2, 0.25) is 0 Å². The van der Waals surface area contributed by atoms with Crippen LogP contribution in [0.1, 0.15) is 17.3 Å². The van der Waals surface area contributed by atoms with Crippen LogP contribution in [0.25, 0.3) is 0 Å². The first-order valence-electron chi connectivity index (χ1n) is 6.49. The van der Waals surface area contributed by atoms with E-state index in [9.17, 15) is 14.9 Å². The highest BCUT2D eigenvalue weighted by atomic mass is 127. The van der Waals surface area contributed by atoms with E-state index in [2.05, 4.69) is 27.9 Å². The van der Waals surface area contributed by atoms with Crippen molar-refractivity contribution in [3.63, 3.8) is 0 Å². The predicted molar refractivity (Wildman–Crippen MR) is 91.4 cm³/mol. The second-order valence-electron chi connectivity index (χ2n) is 4.33. The molecule has 114 valence electrons. The molecule has 2 rings (SSSR count). The van der Waals surface area contributed by atoms with Crippen LogP contribution >= 0.6 is 22.6 Å². The topological polar surface area (TPSA) is 81.5 Å². The van der Waals surface area contributed by atoms with Gasteiger partial charge in [0.25, 0.3) is 11.6 Å². The van der Waals surface area contributed by atoms with Crippen molar-refractivity contribution in [1.29, 1.82) is 0 Å². The van der Waals surface area contributed by atoms with Crippen molar-refractivity contribution >= 4 is 39.9 Å². The Hall–Kier alpha value is -2.16. The summed E-state index contributed by atoms with van der Waals surface area (Å²) >= 11 is 2.13. The molecule has 2 aromatic carbocycles. The molecule has 0 radical (unpaired) electrons. The number of anilines is 1. The lowest BCUT2D eigenvalue weighted by Crippen LogP contribution is -2.13. The highest BCUT2D eigenvalue weighted by molar-refractivity contribution is 14.1. The van der Waals surface area contributed by atoms with Gasteiger partial charge in [0.15, 0.2) is 0 Å². The van der Waals surface area contributed by atoms with E-state index in [-0.39, 0.29) is 11.4 Å². The zero-order valence-corrected chi connectivity index (χ0v) is 13.9. The van der Waals surface area contributed by atoms with Crippen LogP contribution in [0.3, 0.4) is 0 Å². The van der Waals surface area contributed by atoms with Gasteiger partial charge in [-0.15, -0.1) is 0 Å². The monoisotopic (exact) mass is 412 g/mol. The van der Waals surface area contributed by atoms with Crippen molar-refractivity contribution in [3.05, 3.63) is 61.7 Å². The first-order chi connectivity index (χ1) is 10.5. The number of nitro groups is 1. The van der Waals surface area contributed by atoms with Crippen LogP contribution in [0, 0.1) is 13.7 Å². The highest BCUT2D eigenvalue weighted by Gasteiger charge is 2.18. The fourth-order valence-corrected chi connectivity index (χ4v) is 2.18. The molecule has 0 spiro atoms. The van der Waals surface area contributed by atoms with Gasteiger partial charge in [0.05, 0.1) is 17.6 Å². The fraction of sp³-hybridized carbons (Fsp3) is 0.133. The van der Waals surface area contributed by atoms with Crippen molar-refractivity contribution in [2.75, 3.05) is 11.9 Å². The van der Waals surface area contributed by atoms with Gasteiger partial charge in [0, 0.05) is 9.13 Å². The van der Waals surface area contributed by atoms with Crippen LogP contribution in [0.5, 0.6) is 5.75 Å². The number of carbonyl (C=O) groups excluding carboxylic acids is 1. The van der Waals surface area contributed by atoms with E-state index >= 15 is 0 Å². The second-order valence-corrected chi connectivity index (χ2v) is 5.58. The minimum Gasteiger partial charge on any atom is -0.494 e. The molecule has 2 aromatic rings. The van der Waals surface area contributed by atoms with E-state index in [1.807, 2.05) is 0 Å². The number of halogens is 1. The van der Waals surface area contributed by atoms with Crippen LogP contribution in [-0.4, -0.2) is 17.4 Å². The van der Waals surface area contributed by atoms with Crippen molar-refractivity contribution in [3.8, 4) is 5.75 Å². The second kappa shape index (κ2) is 7.21. The molecule has 0 fully saturated rings. The molecule has 0 aliphatic carbocycles. The molecule has 0 atom stereocenters. The highest BCUT2D eigenvalue weighted by Crippen LogP contribution is 2.29. The molecule has 0 saturated carbocycles. The van der Waals surface area contributed by atoms with E-state index in [4.69, 9.17) is 4.74 Å². The average Bonchev–Trinajstić information content (AvgIpc) is 2.49. The Morgan fingerprint density at radius 3 is 2.55 bits per heavy atom. The smallest absolute Gasteiger partial charge is 0.296 e. The summed E-state index contributed by atoms with van der Waals surface area (Å²) in [5.41, 5.74) is 0.366. The molecule has 22 heavy (non-hydrogen) atoms. The van der Waals surface area contributed by atoms with Gasteiger partial charge in [0.1, 0.15) is 11.4 Å². The molecule has 0 aliphatic rings. The Labute approximate surface area is 140 Å². The zero-order chi connectivity index (χ0) is 16.1. The van der Waals surface area contributed by atoms with Crippen molar-refractivity contribution in [2.45, 2.75) is 6.92 Å². The van der Waals surface area contributed by atoms with Gasteiger partial charge in [-0.1, -0.05) is 0 Å². The predicted octanol–water partition coefficient (Wildman–Crippen LogP) is 3.85. The molecule has 0 heterocycles. The Balaban J connectivity index is 2.26. The van der Waals surface area contributed by atoms with Gasteiger partial charge in [-0.25, -0.2) is 0 Å². The third kappa shape index (κ3) is 3.94. The van der Waals surface area contributed by atoms with Crippen molar-refractivity contribution < 1.29 is 14.5 Å². The van der Waals surface area contributed by atoms with E-state index in [0.29, 0.717) is 17.9 Å². The van der Waals surface area contributed by atoms with Crippen LogP contribution in [0.15, 0.2) is 42.5 Å². The van der Waals surface area contributed by atoms with Crippen molar-refractivity contribution in [2.24, 2.45) is 0 Å². The van der Waals surface area contributed by atoms with Gasteiger partial charge in [-0.3, -0.25) is 14.9 Å². The molecule has 6 nitrogen and oxygen atoms in total. The van der Waals surface area contributed by atoms with E-state index < -0.39 is 10.8 Å². The molecular formula is C15H13IN2O4. The largest absolute Gasteiger partial charge is 0.494 e. The maximum absolute atomic E-state index is 12.1. The molecular weight excluding hydrogens is 399 g/mol. The first-order valence-corrected chi connectivity index (χ1v) is 7.57. The molecule has 0 bridgehead atoms. The lowest BCUT2D eigenvalue weighted by molar-refractivity contribution is -0.384. The first kappa shape index (κ1) is 16.2. The summed E-state index contributed by atoms with van der Waals surface area (Å²) in [7, 11) is 0. The number of nitro benzene ring substituents is 1. The molecule has 0 saturated heterocycles. The normalized spacial score (nSPS) is 10.1. The molecule has 0 aliphatic heterocycles. The van der Waals surface area contributed by atoms with Crippen LogP contribution in [0.2, 0.25) is 0 Å².